The normalized spacial score (nSPS) is 9.82. The Labute approximate surface area is 99.1 Å². The van der Waals surface area contributed by atoms with Gasteiger partial charge in [0.2, 0.25) is 5.91 Å². The van der Waals surface area contributed by atoms with Gasteiger partial charge in [-0.05, 0) is 0 Å². The van der Waals surface area contributed by atoms with E-state index in [1.54, 1.807) is 0 Å². The van der Waals surface area contributed by atoms with E-state index in [9.17, 15) is 9.18 Å². The van der Waals surface area contributed by atoms with E-state index in [1.807, 2.05) is 0 Å². The van der Waals surface area contributed by atoms with Crippen molar-refractivity contribution in [2.75, 3.05) is 31.2 Å². The third-order valence-corrected chi connectivity index (χ3v) is 2.14. The lowest BCUT2D eigenvalue weighted by molar-refractivity contribution is -0.118. The summed E-state index contributed by atoms with van der Waals surface area (Å²) in [6, 6.07) is 2.68. The number of rotatable bonds is 5. The Kier molecular flexibility index (Phi) is 4.56. The first-order chi connectivity index (χ1) is 8.04. The summed E-state index contributed by atoms with van der Waals surface area (Å²) in [5.74, 6) is -0.477. The first-order valence-electron chi connectivity index (χ1n) is 5.16. The monoisotopic (exact) mass is 241 g/mol. The SMILES string of the molecule is COc1cc(NCCNC(C)=O)c(N)cc1F. The summed E-state index contributed by atoms with van der Waals surface area (Å²) in [7, 11) is 1.38. The zero-order valence-electron chi connectivity index (χ0n) is 9.84. The summed E-state index contributed by atoms with van der Waals surface area (Å²) in [4.78, 5) is 10.6. The third-order valence-electron chi connectivity index (χ3n) is 2.14. The molecule has 4 N–H and O–H groups in total. The number of anilines is 2. The Morgan fingerprint density at radius 1 is 1.47 bits per heavy atom. The van der Waals surface area contributed by atoms with Crippen LogP contribution in [0, 0.1) is 5.82 Å². The number of halogens is 1. The first kappa shape index (κ1) is 13.1. The molecule has 0 atom stereocenters. The highest BCUT2D eigenvalue weighted by atomic mass is 19.1. The number of benzene rings is 1. The molecule has 1 amide bonds. The first-order valence-corrected chi connectivity index (χ1v) is 5.16. The fraction of sp³-hybridized carbons (Fsp3) is 0.364. The van der Waals surface area contributed by atoms with E-state index < -0.39 is 5.82 Å². The minimum atomic E-state index is -0.502. The molecule has 5 nitrogen and oxygen atoms in total. The van der Waals surface area contributed by atoms with Crippen molar-refractivity contribution in [3.8, 4) is 5.75 Å². The maximum atomic E-state index is 13.2. The summed E-state index contributed by atoms with van der Waals surface area (Å²) < 4.78 is 18.1. The van der Waals surface area contributed by atoms with Crippen LogP contribution in [-0.4, -0.2) is 26.1 Å². The molecule has 17 heavy (non-hydrogen) atoms. The van der Waals surface area contributed by atoms with Gasteiger partial charge in [-0.2, -0.15) is 0 Å². The second-order valence-electron chi connectivity index (χ2n) is 3.48. The van der Waals surface area contributed by atoms with Crippen LogP contribution in [0.3, 0.4) is 0 Å². The van der Waals surface area contributed by atoms with E-state index in [-0.39, 0.29) is 11.7 Å². The zero-order valence-corrected chi connectivity index (χ0v) is 9.84. The van der Waals surface area contributed by atoms with Crippen molar-refractivity contribution in [1.29, 1.82) is 0 Å². The molecular weight excluding hydrogens is 225 g/mol. The molecule has 1 aromatic rings. The number of methoxy groups -OCH3 is 1. The number of nitrogens with one attached hydrogen (secondary N) is 2. The number of hydrogen-bond acceptors (Lipinski definition) is 4. The molecule has 0 spiro atoms. The topological polar surface area (TPSA) is 76.4 Å². The Bertz CT molecular complexity index is 410. The van der Waals surface area contributed by atoms with Gasteiger partial charge in [0.05, 0.1) is 18.5 Å². The van der Waals surface area contributed by atoms with Crippen LogP contribution in [0.5, 0.6) is 5.75 Å². The Morgan fingerprint density at radius 3 is 2.76 bits per heavy atom. The number of amides is 1. The molecule has 0 unspecified atom stereocenters. The summed E-state index contributed by atoms with van der Waals surface area (Å²) >= 11 is 0. The predicted octanol–water partition coefficient (Wildman–Crippen LogP) is 0.964. The molecule has 0 aliphatic heterocycles. The Hall–Kier alpha value is -1.98. The van der Waals surface area contributed by atoms with Crippen LogP contribution in [0.25, 0.3) is 0 Å². The van der Waals surface area contributed by atoms with Gasteiger partial charge >= 0.3 is 0 Å². The molecule has 0 saturated carbocycles. The van der Waals surface area contributed by atoms with Crippen LogP contribution in [0.4, 0.5) is 15.8 Å². The van der Waals surface area contributed by atoms with E-state index in [4.69, 9.17) is 10.5 Å². The highest BCUT2D eigenvalue weighted by Crippen LogP contribution is 2.27. The van der Waals surface area contributed by atoms with Crippen LogP contribution in [-0.2, 0) is 4.79 Å². The molecule has 0 radical (unpaired) electrons. The van der Waals surface area contributed by atoms with E-state index in [1.165, 1.54) is 26.2 Å². The molecule has 0 fully saturated rings. The molecule has 1 rings (SSSR count). The minimum absolute atomic E-state index is 0.101. The van der Waals surface area contributed by atoms with Gasteiger partial charge in [0.25, 0.3) is 0 Å². The van der Waals surface area contributed by atoms with Crippen molar-refractivity contribution in [3.05, 3.63) is 17.9 Å². The number of carbonyl (C=O) groups is 1. The molecule has 94 valence electrons. The highest BCUT2D eigenvalue weighted by Gasteiger charge is 2.07. The minimum Gasteiger partial charge on any atom is -0.494 e. The van der Waals surface area contributed by atoms with Crippen molar-refractivity contribution in [1.82, 2.24) is 5.32 Å². The summed E-state index contributed by atoms with van der Waals surface area (Å²) in [5.41, 5.74) is 6.52. The van der Waals surface area contributed by atoms with Gasteiger partial charge in [-0.25, -0.2) is 4.39 Å². The van der Waals surface area contributed by atoms with Crippen molar-refractivity contribution < 1.29 is 13.9 Å². The van der Waals surface area contributed by atoms with Crippen LogP contribution < -0.4 is 21.1 Å². The Morgan fingerprint density at radius 2 is 2.18 bits per heavy atom. The fourth-order valence-electron chi connectivity index (χ4n) is 1.31. The molecule has 6 heteroatoms. The second kappa shape index (κ2) is 5.93. The van der Waals surface area contributed by atoms with Gasteiger partial charge in [-0.3, -0.25) is 4.79 Å². The average molecular weight is 241 g/mol. The van der Waals surface area contributed by atoms with E-state index in [0.717, 1.165) is 0 Å². The lowest BCUT2D eigenvalue weighted by Crippen LogP contribution is -2.26. The van der Waals surface area contributed by atoms with Crippen LogP contribution >= 0.6 is 0 Å². The molecule has 0 bridgehead atoms. The molecule has 0 aromatic heterocycles. The number of hydrogen-bond donors (Lipinski definition) is 3. The van der Waals surface area contributed by atoms with Crippen molar-refractivity contribution in [2.45, 2.75) is 6.92 Å². The fourth-order valence-corrected chi connectivity index (χ4v) is 1.31. The van der Waals surface area contributed by atoms with Gasteiger partial charge in [0.1, 0.15) is 0 Å². The van der Waals surface area contributed by atoms with Gasteiger partial charge in [-0.15, -0.1) is 0 Å². The van der Waals surface area contributed by atoms with Crippen LogP contribution in [0.1, 0.15) is 6.92 Å². The van der Waals surface area contributed by atoms with Crippen molar-refractivity contribution >= 4 is 17.3 Å². The van der Waals surface area contributed by atoms with Crippen molar-refractivity contribution in [3.63, 3.8) is 0 Å². The average Bonchev–Trinajstić information content (AvgIpc) is 2.26. The highest BCUT2D eigenvalue weighted by molar-refractivity contribution is 5.73. The van der Waals surface area contributed by atoms with Crippen LogP contribution in [0.2, 0.25) is 0 Å². The van der Waals surface area contributed by atoms with E-state index >= 15 is 0 Å². The molecule has 0 aliphatic carbocycles. The number of nitrogen functional groups attached to an aromatic ring is 1. The number of nitrogens with two attached hydrogens (primary N) is 1. The molecule has 1 aromatic carbocycles. The van der Waals surface area contributed by atoms with Crippen molar-refractivity contribution in [2.24, 2.45) is 0 Å². The molecular formula is C11H16FN3O2. The van der Waals surface area contributed by atoms with Gasteiger partial charge in [0, 0.05) is 32.1 Å². The summed E-state index contributed by atoms with van der Waals surface area (Å²) in [6.07, 6.45) is 0. The smallest absolute Gasteiger partial charge is 0.216 e. The lowest BCUT2D eigenvalue weighted by Gasteiger charge is -2.11. The lowest BCUT2D eigenvalue weighted by atomic mass is 10.2. The van der Waals surface area contributed by atoms with Gasteiger partial charge < -0.3 is 21.1 Å². The quantitative estimate of drug-likeness (QED) is 0.530. The second-order valence-corrected chi connectivity index (χ2v) is 3.48. The zero-order chi connectivity index (χ0) is 12.8. The standard InChI is InChI=1S/C11H16FN3O2/c1-7(16)14-3-4-15-10-6-11(17-2)8(12)5-9(10)13/h5-6,15H,3-4,13H2,1-2H3,(H,14,16). The maximum Gasteiger partial charge on any atom is 0.216 e. The maximum absolute atomic E-state index is 13.2. The molecule has 0 saturated heterocycles. The third kappa shape index (κ3) is 3.82. The van der Waals surface area contributed by atoms with E-state index in [0.29, 0.717) is 24.5 Å². The predicted molar refractivity (Wildman–Crippen MR) is 64.5 cm³/mol. The van der Waals surface area contributed by atoms with Crippen LogP contribution in [0.15, 0.2) is 12.1 Å². The molecule has 0 aliphatic rings. The number of ether oxygens (including phenoxy) is 1. The largest absolute Gasteiger partial charge is 0.494 e. The van der Waals surface area contributed by atoms with Gasteiger partial charge in [0.15, 0.2) is 11.6 Å². The summed E-state index contributed by atoms with van der Waals surface area (Å²) in [6.45, 7) is 2.41. The Balaban J connectivity index is 2.61. The van der Waals surface area contributed by atoms with Gasteiger partial charge in [-0.1, -0.05) is 0 Å². The number of carbonyl (C=O) groups excluding carboxylic acids is 1. The molecule has 0 heterocycles. The summed E-state index contributed by atoms with van der Waals surface area (Å²) in [5, 5.41) is 5.61. The van der Waals surface area contributed by atoms with E-state index in [2.05, 4.69) is 10.6 Å².